The maximum absolute atomic E-state index is 12.6. The van der Waals surface area contributed by atoms with Crippen LogP contribution in [0.2, 0.25) is 0 Å². The highest BCUT2D eigenvalue weighted by Gasteiger charge is 2.30. The predicted octanol–water partition coefficient (Wildman–Crippen LogP) is 1.46. The molecule has 0 bridgehead atoms. The summed E-state index contributed by atoms with van der Waals surface area (Å²) in [5, 5.41) is 0. The molecule has 3 heterocycles. The highest BCUT2D eigenvalue weighted by atomic mass is 16.2. The summed E-state index contributed by atoms with van der Waals surface area (Å²) >= 11 is 0. The second-order valence-electron chi connectivity index (χ2n) is 5.88. The van der Waals surface area contributed by atoms with Crippen molar-refractivity contribution in [1.82, 2.24) is 14.3 Å². The number of fused-ring (bicyclic) bond motifs is 1. The van der Waals surface area contributed by atoms with Crippen LogP contribution < -0.4 is 5.73 Å². The normalized spacial score (nSPS) is 22.7. The Morgan fingerprint density at radius 3 is 3.10 bits per heavy atom. The zero-order valence-electron chi connectivity index (χ0n) is 12.4. The van der Waals surface area contributed by atoms with E-state index >= 15 is 0 Å². The molecule has 1 aliphatic rings. The van der Waals surface area contributed by atoms with Crippen molar-refractivity contribution in [2.24, 2.45) is 11.7 Å². The average Bonchev–Trinajstić information content (AvgIpc) is 2.89. The van der Waals surface area contributed by atoms with Crippen molar-refractivity contribution in [3.8, 4) is 0 Å². The van der Waals surface area contributed by atoms with Gasteiger partial charge in [-0.25, -0.2) is 4.98 Å². The third-order valence-electron chi connectivity index (χ3n) is 4.42. The number of hydrogen-bond acceptors (Lipinski definition) is 3. The molecule has 3 rings (SSSR count). The summed E-state index contributed by atoms with van der Waals surface area (Å²) in [6.45, 7) is 3.54. The summed E-state index contributed by atoms with van der Waals surface area (Å²) in [7, 11) is 0. The number of likely N-dealkylation sites (tertiary alicyclic amines) is 1. The van der Waals surface area contributed by atoms with Crippen LogP contribution in [-0.2, 0) is 11.2 Å². The molecule has 2 atom stereocenters. The molecule has 21 heavy (non-hydrogen) atoms. The first kappa shape index (κ1) is 14.1. The lowest BCUT2D eigenvalue weighted by molar-refractivity contribution is -0.135. The van der Waals surface area contributed by atoms with Gasteiger partial charge in [0.25, 0.3) is 0 Å². The highest BCUT2D eigenvalue weighted by molar-refractivity contribution is 5.79. The van der Waals surface area contributed by atoms with Gasteiger partial charge in [-0.15, -0.1) is 0 Å². The summed E-state index contributed by atoms with van der Waals surface area (Å²) in [6.07, 6.45) is 6.44. The van der Waals surface area contributed by atoms with Gasteiger partial charge in [-0.2, -0.15) is 0 Å². The van der Waals surface area contributed by atoms with Crippen molar-refractivity contribution in [2.75, 3.05) is 13.1 Å². The maximum atomic E-state index is 12.6. The fourth-order valence-corrected chi connectivity index (χ4v) is 3.25. The molecular formula is C16H22N4O. The first-order chi connectivity index (χ1) is 10.2. The quantitative estimate of drug-likeness (QED) is 0.929. The zero-order chi connectivity index (χ0) is 14.8. The number of carbonyl (C=O) groups excluding carboxylic acids is 1. The zero-order valence-corrected chi connectivity index (χ0v) is 12.4. The molecule has 112 valence electrons. The van der Waals surface area contributed by atoms with Crippen LogP contribution in [0.5, 0.6) is 0 Å². The molecule has 2 N–H and O–H groups in total. The van der Waals surface area contributed by atoms with Crippen LogP contribution in [0.25, 0.3) is 5.65 Å². The first-order valence-corrected chi connectivity index (χ1v) is 7.61. The molecule has 0 aliphatic carbocycles. The standard InChI is InChI=1S/C16H22N4O/c1-12-5-4-8-20(14(12)10-17)16(21)9-13-11-19-7-3-2-6-15(19)18-13/h2-3,6-7,11-12,14H,4-5,8-10,17H2,1H3/t12-,14-/m1/s1. The maximum Gasteiger partial charge on any atom is 0.228 e. The number of nitrogens with zero attached hydrogens (tertiary/aromatic N) is 3. The van der Waals surface area contributed by atoms with E-state index in [1.807, 2.05) is 39.9 Å². The molecule has 1 fully saturated rings. The molecular weight excluding hydrogens is 264 g/mol. The van der Waals surface area contributed by atoms with Gasteiger partial charge in [0.15, 0.2) is 0 Å². The van der Waals surface area contributed by atoms with Crippen molar-refractivity contribution in [3.05, 3.63) is 36.3 Å². The average molecular weight is 286 g/mol. The Morgan fingerprint density at radius 2 is 2.33 bits per heavy atom. The first-order valence-electron chi connectivity index (χ1n) is 7.61. The lowest BCUT2D eigenvalue weighted by atomic mass is 9.90. The third-order valence-corrected chi connectivity index (χ3v) is 4.42. The number of piperidine rings is 1. The minimum absolute atomic E-state index is 0.139. The smallest absolute Gasteiger partial charge is 0.228 e. The van der Waals surface area contributed by atoms with Crippen LogP contribution in [0.15, 0.2) is 30.6 Å². The minimum Gasteiger partial charge on any atom is -0.338 e. The van der Waals surface area contributed by atoms with Gasteiger partial charge in [0.2, 0.25) is 5.91 Å². The van der Waals surface area contributed by atoms with Crippen LogP contribution in [0.1, 0.15) is 25.5 Å². The second kappa shape index (κ2) is 5.85. The van der Waals surface area contributed by atoms with Crippen molar-refractivity contribution in [3.63, 3.8) is 0 Å². The fourth-order valence-electron chi connectivity index (χ4n) is 3.25. The lowest BCUT2D eigenvalue weighted by Gasteiger charge is -2.39. The number of carbonyl (C=O) groups is 1. The molecule has 1 saturated heterocycles. The SMILES string of the molecule is C[C@@H]1CCCN(C(=O)Cc2cn3ccccc3n2)[C@@H]1CN. The van der Waals surface area contributed by atoms with E-state index < -0.39 is 0 Å². The Bertz CT molecular complexity index is 603. The largest absolute Gasteiger partial charge is 0.338 e. The van der Waals surface area contributed by atoms with Crippen LogP contribution in [0.3, 0.4) is 0 Å². The number of nitrogens with two attached hydrogens (primary N) is 1. The van der Waals surface area contributed by atoms with Gasteiger partial charge in [-0.1, -0.05) is 13.0 Å². The number of imidazole rings is 1. The third kappa shape index (κ3) is 2.78. The fraction of sp³-hybridized carbons (Fsp3) is 0.500. The van der Waals surface area contributed by atoms with E-state index in [0.717, 1.165) is 30.7 Å². The Balaban J connectivity index is 1.75. The highest BCUT2D eigenvalue weighted by Crippen LogP contribution is 2.23. The van der Waals surface area contributed by atoms with E-state index in [2.05, 4.69) is 11.9 Å². The summed E-state index contributed by atoms with van der Waals surface area (Å²) < 4.78 is 1.95. The topological polar surface area (TPSA) is 63.6 Å². The van der Waals surface area contributed by atoms with Gasteiger partial charge in [-0.05, 0) is 30.9 Å². The van der Waals surface area contributed by atoms with E-state index in [-0.39, 0.29) is 11.9 Å². The Hall–Kier alpha value is -1.88. The van der Waals surface area contributed by atoms with Crippen molar-refractivity contribution < 1.29 is 4.79 Å². The molecule has 2 aromatic rings. The van der Waals surface area contributed by atoms with Gasteiger partial charge in [0.1, 0.15) is 5.65 Å². The molecule has 5 nitrogen and oxygen atoms in total. The van der Waals surface area contributed by atoms with Crippen LogP contribution in [-0.4, -0.2) is 39.3 Å². The van der Waals surface area contributed by atoms with E-state index in [4.69, 9.17) is 5.73 Å². The van der Waals surface area contributed by atoms with Crippen LogP contribution in [0, 0.1) is 5.92 Å². The Kier molecular flexibility index (Phi) is 3.92. The van der Waals surface area contributed by atoms with Gasteiger partial charge in [0.05, 0.1) is 12.1 Å². The van der Waals surface area contributed by atoms with Crippen LogP contribution in [0.4, 0.5) is 0 Å². The van der Waals surface area contributed by atoms with Gasteiger partial charge in [0, 0.05) is 31.5 Å². The van der Waals surface area contributed by atoms with Gasteiger partial charge >= 0.3 is 0 Å². The van der Waals surface area contributed by atoms with Crippen molar-refractivity contribution >= 4 is 11.6 Å². The number of aromatic nitrogens is 2. The van der Waals surface area contributed by atoms with E-state index in [1.165, 1.54) is 0 Å². The summed E-state index contributed by atoms with van der Waals surface area (Å²) in [4.78, 5) is 19.0. The second-order valence-corrected chi connectivity index (χ2v) is 5.88. The van der Waals surface area contributed by atoms with Crippen molar-refractivity contribution in [2.45, 2.75) is 32.2 Å². The van der Waals surface area contributed by atoms with Gasteiger partial charge < -0.3 is 15.0 Å². The molecule has 0 radical (unpaired) electrons. The number of rotatable bonds is 3. The Labute approximate surface area is 124 Å². The number of pyridine rings is 1. The molecule has 2 aromatic heterocycles. The van der Waals surface area contributed by atoms with E-state index in [9.17, 15) is 4.79 Å². The number of hydrogen-bond donors (Lipinski definition) is 1. The molecule has 0 spiro atoms. The molecule has 5 heteroatoms. The van der Waals surface area contributed by atoms with Crippen molar-refractivity contribution in [1.29, 1.82) is 0 Å². The molecule has 0 saturated carbocycles. The van der Waals surface area contributed by atoms with Gasteiger partial charge in [-0.3, -0.25) is 4.79 Å². The molecule has 1 aliphatic heterocycles. The monoisotopic (exact) mass is 286 g/mol. The predicted molar refractivity (Wildman–Crippen MR) is 81.8 cm³/mol. The minimum atomic E-state index is 0.139. The van der Waals surface area contributed by atoms with E-state index in [1.54, 1.807) is 0 Å². The Morgan fingerprint density at radius 1 is 1.48 bits per heavy atom. The molecule has 1 amide bonds. The summed E-state index contributed by atoms with van der Waals surface area (Å²) in [5.74, 6) is 0.620. The molecule has 0 unspecified atom stereocenters. The summed E-state index contributed by atoms with van der Waals surface area (Å²) in [5.41, 5.74) is 7.56. The summed E-state index contributed by atoms with van der Waals surface area (Å²) in [6, 6.07) is 6.02. The van der Waals surface area contributed by atoms with E-state index in [0.29, 0.717) is 18.9 Å². The number of amides is 1. The lowest BCUT2D eigenvalue weighted by Crippen LogP contribution is -2.51. The van der Waals surface area contributed by atoms with Crippen LogP contribution >= 0.6 is 0 Å². The molecule has 0 aromatic carbocycles.